The molecular weight excluding hydrogens is 282 g/mol. The average Bonchev–Trinajstić information content (AvgIpc) is 2.48. The van der Waals surface area contributed by atoms with E-state index in [2.05, 4.69) is 30.0 Å². The number of anilines is 1. The molecule has 0 spiro atoms. The fourth-order valence-corrected chi connectivity index (χ4v) is 3.75. The first-order chi connectivity index (χ1) is 10.2. The van der Waals surface area contributed by atoms with Gasteiger partial charge in [0, 0.05) is 37.4 Å². The third kappa shape index (κ3) is 3.92. The van der Waals surface area contributed by atoms with E-state index in [1.54, 1.807) is 18.9 Å². The zero-order valence-electron chi connectivity index (χ0n) is 12.9. The van der Waals surface area contributed by atoms with Crippen molar-refractivity contribution >= 4 is 23.3 Å². The number of rotatable bonds is 6. The number of benzene rings is 1. The van der Waals surface area contributed by atoms with Crippen LogP contribution >= 0.6 is 11.8 Å². The van der Waals surface area contributed by atoms with E-state index in [1.807, 2.05) is 0 Å². The summed E-state index contributed by atoms with van der Waals surface area (Å²) in [5, 5.41) is 7.94. The highest BCUT2D eigenvalue weighted by atomic mass is 32.2. The molecule has 0 aromatic heterocycles. The Kier molecular flexibility index (Phi) is 5.94. The molecule has 0 amide bonds. The van der Waals surface area contributed by atoms with Crippen molar-refractivity contribution in [2.75, 3.05) is 37.5 Å². The number of amidine groups is 1. The third-order valence-corrected chi connectivity index (χ3v) is 4.87. The Hall–Kier alpha value is -1.20. The topological polar surface area (TPSA) is 62.3 Å². The van der Waals surface area contributed by atoms with Crippen molar-refractivity contribution in [3.63, 3.8) is 0 Å². The van der Waals surface area contributed by atoms with Gasteiger partial charge in [0.1, 0.15) is 5.84 Å². The van der Waals surface area contributed by atoms with Crippen LogP contribution in [0.25, 0.3) is 0 Å². The molecule has 0 unspecified atom stereocenters. The van der Waals surface area contributed by atoms with Crippen molar-refractivity contribution in [2.45, 2.75) is 24.7 Å². The first kappa shape index (κ1) is 16.2. The summed E-state index contributed by atoms with van der Waals surface area (Å²) in [5.74, 6) is 1.81. The summed E-state index contributed by atoms with van der Waals surface area (Å²) in [4.78, 5) is 3.48. The van der Waals surface area contributed by atoms with Gasteiger partial charge < -0.3 is 15.4 Å². The highest BCUT2D eigenvalue weighted by molar-refractivity contribution is 7.99. The van der Waals surface area contributed by atoms with Crippen molar-refractivity contribution in [3.8, 4) is 0 Å². The van der Waals surface area contributed by atoms with Crippen molar-refractivity contribution in [2.24, 2.45) is 11.7 Å². The lowest BCUT2D eigenvalue weighted by Crippen LogP contribution is -2.36. The van der Waals surface area contributed by atoms with Gasteiger partial charge in [-0.05, 0) is 36.6 Å². The minimum Gasteiger partial charge on any atom is -0.384 e. The molecule has 5 heteroatoms. The summed E-state index contributed by atoms with van der Waals surface area (Å²) in [7, 11) is 1.77. The van der Waals surface area contributed by atoms with Gasteiger partial charge in [-0.15, -0.1) is 11.8 Å². The number of hydrogen-bond acceptors (Lipinski definition) is 4. The molecule has 1 heterocycles. The second-order valence-corrected chi connectivity index (χ2v) is 6.69. The predicted molar refractivity (Wildman–Crippen MR) is 90.7 cm³/mol. The molecular formula is C16H25N3OS. The van der Waals surface area contributed by atoms with Gasteiger partial charge in [0.25, 0.3) is 0 Å². The van der Waals surface area contributed by atoms with Crippen LogP contribution in [0, 0.1) is 11.3 Å². The Labute approximate surface area is 131 Å². The lowest BCUT2D eigenvalue weighted by atomic mass is 9.96. The van der Waals surface area contributed by atoms with Crippen LogP contribution in [0.15, 0.2) is 23.1 Å². The molecule has 0 aliphatic carbocycles. The van der Waals surface area contributed by atoms with Gasteiger partial charge in [-0.3, -0.25) is 5.41 Å². The van der Waals surface area contributed by atoms with Crippen molar-refractivity contribution in [1.29, 1.82) is 5.41 Å². The Bertz CT molecular complexity index is 484. The van der Waals surface area contributed by atoms with Crippen molar-refractivity contribution < 1.29 is 4.74 Å². The maximum absolute atomic E-state index is 7.94. The molecule has 0 saturated carbocycles. The van der Waals surface area contributed by atoms with Crippen LogP contribution < -0.4 is 10.6 Å². The summed E-state index contributed by atoms with van der Waals surface area (Å²) in [6.45, 7) is 4.99. The predicted octanol–water partition coefficient (Wildman–Crippen LogP) is 2.95. The molecule has 1 aromatic carbocycles. The zero-order chi connectivity index (χ0) is 15.2. The summed E-state index contributed by atoms with van der Waals surface area (Å²) >= 11 is 1.75. The maximum Gasteiger partial charge on any atom is 0.126 e. The summed E-state index contributed by atoms with van der Waals surface area (Å²) in [6.07, 6.45) is 2.27. The largest absolute Gasteiger partial charge is 0.384 e. The number of methoxy groups -OCH3 is 1. The Morgan fingerprint density at radius 3 is 2.71 bits per heavy atom. The van der Waals surface area contributed by atoms with Gasteiger partial charge in [0.05, 0.1) is 5.56 Å². The van der Waals surface area contributed by atoms with E-state index in [0.717, 1.165) is 54.4 Å². The molecule has 1 saturated heterocycles. The van der Waals surface area contributed by atoms with Crippen LogP contribution in [0.4, 0.5) is 5.69 Å². The number of nitrogens with two attached hydrogens (primary N) is 1. The van der Waals surface area contributed by atoms with Gasteiger partial charge in [0.15, 0.2) is 0 Å². The third-order valence-electron chi connectivity index (χ3n) is 3.93. The molecule has 3 N–H and O–H groups in total. The van der Waals surface area contributed by atoms with E-state index in [4.69, 9.17) is 15.9 Å². The highest BCUT2D eigenvalue weighted by Gasteiger charge is 2.22. The second kappa shape index (κ2) is 7.71. The summed E-state index contributed by atoms with van der Waals surface area (Å²) in [6, 6.07) is 6.22. The first-order valence-electron chi connectivity index (χ1n) is 7.51. The molecule has 0 radical (unpaired) electrons. The van der Waals surface area contributed by atoms with Crippen molar-refractivity contribution in [3.05, 3.63) is 23.8 Å². The molecule has 116 valence electrons. The van der Waals surface area contributed by atoms with E-state index in [-0.39, 0.29) is 5.84 Å². The summed E-state index contributed by atoms with van der Waals surface area (Å²) < 4.78 is 5.26. The Balaban J connectivity index is 2.20. The number of nitrogens with zero attached hydrogens (tertiary/aromatic N) is 1. The van der Waals surface area contributed by atoms with Gasteiger partial charge in [-0.1, -0.05) is 13.0 Å². The fraction of sp³-hybridized carbons (Fsp3) is 0.562. The minimum absolute atomic E-state index is 0.167. The zero-order valence-corrected chi connectivity index (χ0v) is 13.7. The number of nitrogens with one attached hydrogen (secondary N) is 1. The SMILES string of the molecule is CCSc1cccc(N2CCC(COC)CC2)c1C(=N)N. The van der Waals surface area contributed by atoms with Crippen LogP contribution in [0.5, 0.6) is 0 Å². The van der Waals surface area contributed by atoms with Crippen LogP contribution in [0.2, 0.25) is 0 Å². The van der Waals surface area contributed by atoms with Crippen LogP contribution in [0.1, 0.15) is 25.3 Å². The Morgan fingerprint density at radius 2 is 2.14 bits per heavy atom. The minimum atomic E-state index is 0.167. The van der Waals surface area contributed by atoms with E-state index in [9.17, 15) is 0 Å². The number of ether oxygens (including phenoxy) is 1. The second-order valence-electron chi connectivity index (χ2n) is 5.38. The summed E-state index contributed by atoms with van der Waals surface area (Å²) in [5.41, 5.74) is 7.86. The number of nitrogen functional groups attached to an aromatic ring is 1. The molecule has 1 aliphatic rings. The smallest absolute Gasteiger partial charge is 0.126 e. The lowest BCUT2D eigenvalue weighted by Gasteiger charge is -2.34. The van der Waals surface area contributed by atoms with Crippen LogP contribution in [0.3, 0.4) is 0 Å². The maximum atomic E-state index is 7.94. The van der Waals surface area contributed by atoms with Gasteiger partial charge in [-0.25, -0.2) is 0 Å². The first-order valence-corrected chi connectivity index (χ1v) is 8.50. The van der Waals surface area contributed by atoms with Crippen LogP contribution in [-0.4, -0.2) is 38.4 Å². The van der Waals surface area contributed by atoms with Crippen molar-refractivity contribution in [1.82, 2.24) is 0 Å². The standard InChI is InChI=1S/C16H25N3OS/c1-3-21-14-6-4-5-13(15(14)16(17)18)19-9-7-12(8-10-19)11-20-2/h4-6,12H,3,7-11H2,1-2H3,(H3,17,18). The van der Waals surface area contributed by atoms with E-state index < -0.39 is 0 Å². The van der Waals surface area contributed by atoms with E-state index in [1.165, 1.54) is 0 Å². The van der Waals surface area contributed by atoms with E-state index in [0.29, 0.717) is 5.92 Å². The average molecular weight is 307 g/mol. The molecule has 0 bridgehead atoms. The number of hydrogen-bond donors (Lipinski definition) is 2. The number of piperidine rings is 1. The fourth-order valence-electron chi connectivity index (χ4n) is 2.91. The van der Waals surface area contributed by atoms with E-state index >= 15 is 0 Å². The molecule has 2 rings (SSSR count). The lowest BCUT2D eigenvalue weighted by molar-refractivity contribution is 0.139. The van der Waals surface area contributed by atoms with Gasteiger partial charge in [-0.2, -0.15) is 0 Å². The molecule has 21 heavy (non-hydrogen) atoms. The van der Waals surface area contributed by atoms with Crippen LogP contribution in [-0.2, 0) is 4.74 Å². The molecule has 4 nitrogen and oxygen atoms in total. The highest BCUT2D eigenvalue weighted by Crippen LogP contribution is 2.32. The monoisotopic (exact) mass is 307 g/mol. The quantitative estimate of drug-likeness (QED) is 0.482. The molecule has 1 fully saturated rings. The molecule has 1 aromatic rings. The molecule has 1 aliphatic heterocycles. The van der Waals surface area contributed by atoms with Gasteiger partial charge >= 0.3 is 0 Å². The Morgan fingerprint density at radius 1 is 1.43 bits per heavy atom. The van der Waals surface area contributed by atoms with Gasteiger partial charge in [0.2, 0.25) is 0 Å². The number of thioether (sulfide) groups is 1. The normalized spacial score (nSPS) is 16.2. The molecule has 0 atom stereocenters.